The van der Waals surface area contributed by atoms with Crippen LogP contribution in [0.4, 0.5) is 14.5 Å². The number of halogens is 2. The average molecular weight is 263 g/mol. The van der Waals surface area contributed by atoms with Crippen molar-refractivity contribution in [2.24, 2.45) is 0 Å². The second kappa shape index (κ2) is 5.26. The largest absolute Gasteiger partial charge is 0.508 e. The summed E-state index contributed by atoms with van der Waals surface area (Å²) in [5, 5.41) is 12.7. The van der Waals surface area contributed by atoms with E-state index in [0.717, 1.165) is 11.6 Å². The first kappa shape index (κ1) is 13.3. The van der Waals surface area contributed by atoms with E-state index >= 15 is 0 Å². The number of nitrogens with one attached hydrogen (secondary N) is 1. The van der Waals surface area contributed by atoms with Crippen LogP contribution in [0.15, 0.2) is 36.4 Å². The lowest BCUT2D eigenvalue weighted by Crippen LogP contribution is -2.08. The number of phenols is 1. The molecule has 19 heavy (non-hydrogen) atoms. The lowest BCUT2D eigenvalue weighted by molar-refractivity contribution is 0.465. The van der Waals surface area contributed by atoms with Crippen LogP contribution in [0.2, 0.25) is 0 Å². The standard InChI is InChI=1S/C15H15F2NO/c1-9-3-6-15(19)12(7-9)10(2)18-14-5-4-11(16)8-13(14)17/h3-8,10,18-19H,1-2H3. The maximum Gasteiger partial charge on any atom is 0.149 e. The highest BCUT2D eigenvalue weighted by Gasteiger charge is 2.12. The minimum atomic E-state index is -0.654. The van der Waals surface area contributed by atoms with Crippen LogP contribution in [-0.4, -0.2) is 5.11 Å². The first-order valence-electron chi connectivity index (χ1n) is 5.98. The minimum absolute atomic E-state index is 0.146. The van der Waals surface area contributed by atoms with Crippen molar-refractivity contribution in [1.82, 2.24) is 0 Å². The van der Waals surface area contributed by atoms with Crippen LogP contribution in [0.3, 0.4) is 0 Å². The maximum absolute atomic E-state index is 13.5. The van der Waals surface area contributed by atoms with Gasteiger partial charge in [0.15, 0.2) is 0 Å². The molecule has 0 amide bonds. The first-order chi connectivity index (χ1) is 8.97. The highest BCUT2D eigenvalue weighted by molar-refractivity contribution is 5.49. The molecule has 0 aliphatic heterocycles. The molecular formula is C15H15F2NO. The number of phenolic OH excluding ortho intramolecular Hbond substituents is 1. The molecule has 0 bridgehead atoms. The number of hydrogen-bond donors (Lipinski definition) is 2. The van der Waals surface area contributed by atoms with Crippen molar-refractivity contribution in [3.8, 4) is 5.75 Å². The molecule has 100 valence electrons. The van der Waals surface area contributed by atoms with Crippen molar-refractivity contribution in [2.75, 3.05) is 5.32 Å². The van der Waals surface area contributed by atoms with Gasteiger partial charge in [-0.15, -0.1) is 0 Å². The van der Waals surface area contributed by atoms with Gasteiger partial charge in [-0.25, -0.2) is 8.78 Å². The smallest absolute Gasteiger partial charge is 0.149 e. The molecule has 0 fully saturated rings. The molecule has 0 aliphatic carbocycles. The molecule has 2 aromatic carbocycles. The van der Waals surface area contributed by atoms with Gasteiger partial charge in [0.25, 0.3) is 0 Å². The van der Waals surface area contributed by atoms with Gasteiger partial charge in [-0.2, -0.15) is 0 Å². The third-order valence-electron chi connectivity index (χ3n) is 2.95. The quantitative estimate of drug-likeness (QED) is 0.871. The van der Waals surface area contributed by atoms with Crippen molar-refractivity contribution < 1.29 is 13.9 Å². The molecule has 0 spiro atoms. The SMILES string of the molecule is Cc1ccc(O)c(C(C)Nc2ccc(F)cc2F)c1. The molecule has 0 saturated heterocycles. The van der Waals surface area contributed by atoms with Gasteiger partial charge in [0, 0.05) is 11.6 Å². The second-order valence-corrected chi connectivity index (χ2v) is 4.55. The van der Waals surface area contributed by atoms with Gasteiger partial charge in [0.1, 0.15) is 17.4 Å². The monoisotopic (exact) mass is 263 g/mol. The van der Waals surface area contributed by atoms with E-state index in [1.165, 1.54) is 12.1 Å². The summed E-state index contributed by atoms with van der Waals surface area (Å²) in [6.45, 7) is 3.71. The number of hydrogen-bond acceptors (Lipinski definition) is 2. The number of benzene rings is 2. The van der Waals surface area contributed by atoms with E-state index < -0.39 is 11.6 Å². The molecule has 2 N–H and O–H groups in total. The Bertz CT molecular complexity index is 599. The molecule has 0 aliphatic rings. The van der Waals surface area contributed by atoms with E-state index in [1.54, 1.807) is 19.1 Å². The van der Waals surface area contributed by atoms with Crippen molar-refractivity contribution in [2.45, 2.75) is 19.9 Å². The molecule has 1 atom stereocenters. The number of anilines is 1. The summed E-state index contributed by atoms with van der Waals surface area (Å²) in [5.41, 5.74) is 1.87. The summed E-state index contributed by atoms with van der Waals surface area (Å²) >= 11 is 0. The van der Waals surface area contributed by atoms with Crippen LogP contribution in [0.25, 0.3) is 0 Å². The molecule has 4 heteroatoms. The van der Waals surface area contributed by atoms with Crippen molar-refractivity contribution in [3.05, 3.63) is 59.2 Å². The fraction of sp³-hybridized carbons (Fsp3) is 0.200. The van der Waals surface area contributed by atoms with E-state index in [0.29, 0.717) is 5.56 Å². The Balaban J connectivity index is 2.25. The maximum atomic E-state index is 13.5. The lowest BCUT2D eigenvalue weighted by atomic mass is 10.0. The molecule has 2 nitrogen and oxygen atoms in total. The second-order valence-electron chi connectivity index (χ2n) is 4.55. The summed E-state index contributed by atoms with van der Waals surface area (Å²) in [6, 6.07) is 8.29. The van der Waals surface area contributed by atoms with Crippen LogP contribution in [0, 0.1) is 18.6 Å². The van der Waals surface area contributed by atoms with Crippen LogP contribution < -0.4 is 5.32 Å². The van der Waals surface area contributed by atoms with E-state index in [1.807, 2.05) is 13.0 Å². The van der Waals surface area contributed by atoms with E-state index in [2.05, 4.69) is 5.32 Å². The lowest BCUT2D eigenvalue weighted by Gasteiger charge is -2.18. The molecular weight excluding hydrogens is 248 g/mol. The Labute approximate surface area is 110 Å². The van der Waals surface area contributed by atoms with E-state index in [9.17, 15) is 13.9 Å². The highest BCUT2D eigenvalue weighted by atomic mass is 19.1. The zero-order chi connectivity index (χ0) is 14.0. The molecule has 0 radical (unpaired) electrons. The topological polar surface area (TPSA) is 32.3 Å². The molecule has 2 rings (SSSR count). The predicted octanol–water partition coefficient (Wildman–Crippen LogP) is 4.15. The number of aromatic hydroxyl groups is 1. The zero-order valence-electron chi connectivity index (χ0n) is 10.7. The third kappa shape index (κ3) is 3.02. The normalized spacial score (nSPS) is 12.2. The van der Waals surface area contributed by atoms with Gasteiger partial charge in [-0.3, -0.25) is 0 Å². The summed E-state index contributed by atoms with van der Waals surface area (Å²) in [4.78, 5) is 0. The summed E-state index contributed by atoms with van der Waals surface area (Å²) in [6.07, 6.45) is 0. The molecule has 0 aromatic heterocycles. The first-order valence-corrected chi connectivity index (χ1v) is 5.98. The third-order valence-corrected chi connectivity index (χ3v) is 2.95. The van der Waals surface area contributed by atoms with Gasteiger partial charge >= 0.3 is 0 Å². The van der Waals surface area contributed by atoms with Crippen molar-refractivity contribution in [1.29, 1.82) is 0 Å². The van der Waals surface area contributed by atoms with E-state index in [4.69, 9.17) is 0 Å². The Morgan fingerprint density at radius 3 is 2.53 bits per heavy atom. The Hall–Kier alpha value is -2.10. The molecule has 0 saturated carbocycles. The summed E-state index contributed by atoms with van der Waals surface area (Å²) in [5.74, 6) is -1.12. The fourth-order valence-electron chi connectivity index (χ4n) is 1.94. The fourth-order valence-corrected chi connectivity index (χ4v) is 1.94. The van der Waals surface area contributed by atoms with Gasteiger partial charge < -0.3 is 10.4 Å². The molecule has 1 unspecified atom stereocenters. The van der Waals surface area contributed by atoms with Gasteiger partial charge in [-0.05, 0) is 32.0 Å². The average Bonchev–Trinajstić information content (AvgIpc) is 2.35. The van der Waals surface area contributed by atoms with Crippen molar-refractivity contribution in [3.63, 3.8) is 0 Å². The molecule has 2 aromatic rings. The van der Waals surface area contributed by atoms with Crippen LogP contribution in [0.1, 0.15) is 24.1 Å². The van der Waals surface area contributed by atoms with Crippen LogP contribution in [0.5, 0.6) is 5.75 Å². The van der Waals surface area contributed by atoms with Crippen LogP contribution in [-0.2, 0) is 0 Å². The minimum Gasteiger partial charge on any atom is -0.508 e. The predicted molar refractivity (Wildman–Crippen MR) is 71.2 cm³/mol. The Morgan fingerprint density at radius 1 is 1.11 bits per heavy atom. The Kier molecular flexibility index (Phi) is 3.69. The van der Waals surface area contributed by atoms with Gasteiger partial charge in [0.05, 0.1) is 11.7 Å². The molecule has 0 heterocycles. The van der Waals surface area contributed by atoms with Gasteiger partial charge in [-0.1, -0.05) is 17.7 Å². The van der Waals surface area contributed by atoms with Gasteiger partial charge in [0.2, 0.25) is 0 Å². The zero-order valence-corrected chi connectivity index (χ0v) is 10.7. The van der Waals surface area contributed by atoms with E-state index in [-0.39, 0.29) is 17.5 Å². The summed E-state index contributed by atoms with van der Waals surface area (Å²) < 4.78 is 26.4. The Morgan fingerprint density at radius 2 is 1.84 bits per heavy atom. The number of rotatable bonds is 3. The summed E-state index contributed by atoms with van der Waals surface area (Å²) in [7, 11) is 0. The van der Waals surface area contributed by atoms with Crippen molar-refractivity contribution >= 4 is 5.69 Å². The highest BCUT2D eigenvalue weighted by Crippen LogP contribution is 2.28. The number of aryl methyl sites for hydroxylation is 1. The van der Waals surface area contributed by atoms with Crippen LogP contribution >= 0.6 is 0 Å².